The number of phenolic OH excluding ortho intramolecular Hbond substituents is 1. The van der Waals surface area contributed by atoms with Crippen LogP contribution in [-0.2, 0) is 0 Å². The minimum Gasteiger partial charge on any atom is -0.507 e. The summed E-state index contributed by atoms with van der Waals surface area (Å²) in [5.74, 6) is 0.661. The van der Waals surface area contributed by atoms with Crippen molar-refractivity contribution in [2.45, 2.75) is 27.2 Å². The van der Waals surface area contributed by atoms with E-state index < -0.39 is 0 Å². The number of nitrogens with zero attached hydrogens (tertiary/aromatic N) is 1. The molecule has 0 fully saturated rings. The lowest BCUT2D eigenvalue weighted by Gasteiger charge is -2.11. The van der Waals surface area contributed by atoms with Crippen molar-refractivity contribution < 1.29 is 19.1 Å². The van der Waals surface area contributed by atoms with Crippen LogP contribution in [0.2, 0.25) is 0 Å². The Morgan fingerprint density at radius 3 is 2.59 bits per heavy atom. The van der Waals surface area contributed by atoms with Gasteiger partial charge in [-0.1, -0.05) is 13.0 Å². The number of oxazole rings is 1. The van der Waals surface area contributed by atoms with Crippen molar-refractivity contribution in [1.82, 2.24) is 10.3 Å². The second-order valence-electron chi connectivity index (χ2n) is 7.96. The largest absolute Gasteiger partial charge is 0.507 e. The average molecular weight is 476 g/mol. The van der Waals surface area contributed by atoms with Crippen molar-refractivity contribution in [2.24, 2.45) is 0 Å². The molecule has 34 heavy (non-hydrogen) atoms. The number of aromatic nitrogens is 1. The molecule has 3 aromatic carbocycles. The maximum Gasteiger partial charge on any atom is 0.257 e. The van der Waals surface area contributed by atoms with E-state index in [1.54, 1.807) is 36.4 Å². The summed E-state index contributed by atoms with van der Waals surface area (Å²) in [6.45, 7) is 6.61. The van der Waals surface area contributed by atoms with Gasteiger partial charge in [0.1, 0.15) is 17.0 Å². The first-order chi connectivity index (χ1) is 16.3. The molecule has 0 radical (unpaired) electrons. The SMILES string of the molecule is CCCOc1ccc(C(=O)NC(=S)Nc2ccc(-c3nc4cc(C)cc(C)c4o3)c(O)c2)cc1. The number of anilines is 1. The van der Waals surface area contributed by atoms with Gasteiger partial charge in [0.25, 0.3) is 5.91 Å². The zero-order valence-corrected chi connectivity index (χ0v) is 20.0. The van der Waals surface area contributed by atoms with Gasteiger partial charge in [0, 0.05) is 17.3 Å². The van der Waals surface area contributed by atoms with Crippen molar-refractivity contribution >= 4 is 40.0 Å². The molecule has 0 saturated carbocycles. The number of hydrogen-bond acceptors (Lipinski definition) is 6. The number of aromatic hydroxyl groups is 1. The fourth-order valence-electron chi connectivity index (χ4n) is 3.54. The molecule has 0 aliphatic heterocycles. The second-order valence-corrected chi connectivity index (χ2v) is 8.37. The highest BCUT2D eigenvalue weighted by Gasteiger charge is 2.15. The van der Waals surface area contributed by atoms with Crippen LogP contribution in [0.1, 0.15) is 34.8 Å². The molecule has 1 heterocycles. The Kier molecular flexibility index (Phi) is 6.79. The molecule has 0 atom stereocenters. The summed E-state index contributed by atoms with van der Waals surface area (Å²) in [5.41, 5.74) is 4.92. The Labute approximate surface area is 202 Å². The lowest BCUT2D eigenvalue weighted by molar-refractivity contribution is 0.0977. The van der Waals surface area contributed by atoms with E-state index in [1.165, 1.54) is 6.07 Å². The molecule has 1 aromatic heterocycles. The predicted octanol–water partition coefficient (Wildman–Crippen LogP) is 5.73. The van der Waals surface area contributed by atoms with Crippen LogP contribution in [-0.4, -0.2) is 27.7 Å². The number of rotatable bonds is 6. The van der Waals surface area contributed by atoms with E-state index in [0.717, 1.165) is 23.1 Å². The number of aryl methyl sites for hydroxylation is 2. The van der Waals surface area contributed by atoms with Crippen LogP contribution in [0.3, 0.4) is 0 Å². The van der Waals surface area contributed by atoms with Crippen molar-refractivity contribution in [3.05, 3.63) is 71.3 Å². The molecule has 0 aliphatic rings. The van der Waals surface area contributed by atoms with E-state index in [0.29, 0.717) is 40.6 Å². The molecule has 0 bridgehead atoms. The number of thiocarbonyl (C=S) groups is 1. The molecule has 8 heteroatoms. The summed E-state index contributed by atoms with van der Waals surface area (Å²) in [7, 11) is 0. The average Bonchev–Trinajstić information content (AvgIpc) is 3.22. The first-order valence-electron chi connectivity index (χ1n) is 10.9. The van der Waals surface area contributed by atoms with Gasteiger partial charge in [-0.25, -0.2) is 4.98 Å². The summed E-state index contributed by atoms with van der Waals surface area (Å²) in [4.78, 5) is 17.0. The van der Waals surface area contributed by atoms with Gasteiger partial charge in [-0.2, -0.15) is 0 Å². The monoisotopic (exact) mass is 475 g/mol. The van der Waals surface area contributed by atoms with Gasteiger partial charge in [0.05, 0.1) is 12.2 Å². The number of carbonyl (C=O) groups is 1. The predicted molar refractivity (Wildman–Crippen MR) is 136 cm³/mol. The van der Waals surface area contributed by atoms with Gasteiger partial charge in [-0.05, 0) is 86.1 Å². The van der Waals surface area contributed by atoms with Crippen LogP contribution < -0.4 is 15.4 Å². The molecule has 174 valence electrons. The van der Waals surface area contributed by atoms with E-state index in [-0.39, 0.29) is 16.8 Å². The summed E-state index contributed by atoms with van der Waals surface area (Å²) in [6, 6.07) is 15.7. The van der Waals surface area contributed by atoms with Gasteiger partial charge in [-0.3, -0.25) is 10.1 Å². The zero-order valence-electron chi connectivity index (χ0n) is 19.1. The number of benzene rings is 3. The van der Waals surface area contributed by atoms with Gasteiger partial charge >= 0.3 is 0 Å². The van der Waals surface area contributed by atoms with E-state index in [4.69, 9.17) is 21.4 Å². The zero-order chi connectivity index (χ0) is 24.2. The number of fused-ring (bicyclic) bond motifs is 1. The molecule has 4 rings (SSSR count). The number of amides is 1. The number of ether oxygens (including phenoxy) is 1. The number of hydrogen-bond donors (Lipinski definition) is 3. The Morgan fingerprint density at radius 1 is 1.12 bits per heavy atom. The van der Waals surface area contributed by atoms with Crippen LogP contribution in [0.5, 0.6) is 11.5 Å². The quantitative estimate of drug-likeness (QED) is 0.306. The van der Waals surface area contributed by atoms with Crippen molar-refractivity contribution in [3.8, 4) is 23.0 Å². The fourth-order valence-corrected chi connectivity index (χ4v) is 3.75. The number of nitrogens with one attached hydrogen (secondary N) is 2. The Balaban J connectivity index is 1.42. The van der Waals surface area contributed by atoms with E-state index >= 15 is 0 Å². The third-order valence-electron chi connectivity index (χ3n) is 5.12. The van der Waals surface area contributed by atoms with Crippen LogP contribution in [0.15, 0.2) is 59.0 Å². The third-order valence-corrected chi connectivity index (χ3v) is 5.33. The third kappa shape index (κ3) is 5.18. The van der Waals surface area contributed by atoms with E-state index in [9.17, 15) is 9.90 Å². The highest BCUT2D eigenvalue weighted by Crippen LogP contribution is 2.34. The van der Waals surface area contributed by atoms with Crippen LogP contribution in [0.25, 0.3) is 22.6 Å². The van der Waals surface area contributed by atoms with Gasteiger partial charge in [-0.15, -0.1) is 0 Å². The lowest BCUT2D eigenvalue weighted by Crippen LogP contribution is -2.34. The molecule has 0 saturated heterocycles. The molecule has 7 nitrogen and oxygen atoms in total. The van der Waals surface area contributed by atoms with E-state index in [2.05, 4.69) is 15.6 Å². The van der Waals surface area contributed by atoms with Crippen LogP contribution in [0, 0.1) is 13.8 Å². The lowest BCUT2D eigenvalue weighted by atomic mass is 10.1. The molecule has 0 aliphatic carbocycles. The molecule has 0 spiro atoms. The summed E-state index contributed by atoms with van der Waals surface area (Å²) in [6.07, 6.45) is 0.910. The van der Waals surface area contributed by atoms with Gasteiger partial charge in [0.15, 0.2) is 10.7 Å². The molecular weight excluding hydrogens is 450 g/mol. The molecule has 0 unspecified atom stereocenters. The molecule has 4 aromatic rings. The highest BCUT2D eigenvalue weighted by molar-refractivity contribution is 7.80. The summed E-state index contributed by atoms with van der Waals surface area (Å²) >= 11 is 5.25. The van der Waals surface area contributed by atoms with Crippen LogP contribution >= 0.6 is 12.2 Å². The Hall–Kier alpha value is -3.91. The van der Waals surface area contributed by atoms with Crippen LogP contribution in [0.4, 0.5) is 5.69 Å². The molecule has 1 amide bonds. The Bertz CT molecular complexity index is 1360. The standard InChI is InChI=1S/C26H25N3O4S/c1-4-11-32-19-8-5-17(6-9-19)24(31)29-26(34)27-18-7-10-20(22(30)14-18)25-28-21-13-15(2)12-16(3)23(21)33-25/h5-10,12-14,30H,4,11H2,1-3H3,(H2,27,29,31,34). The maximum atomic E-state index is 12.5. The first-order valence-corrected chi connectivity index (χ1v) is 11.3. The first kappa shape index (κ1) is 23.3. The van der Waals surface area contributed by atoms with Crippen molar-refractivity contribution in [2.75, 3.05) is 11.9 Å². The second kappa shape index (κ2) is 9.93. The smallest absolute Gasteiger partial charge is 0.257 e. The minimum atomic E-state index is -0.350. The fraction of sp³-hybridized carbons (Fsp3) is 0.192. The molecule has 3 N–H and O–H groups in total. The Morgan fingerprint density at radius 2 is 1.88 bits per heavy atom. The minimum absolute atomic E-state index is 0.0253. The van der Waals surface area contributed by atoms with Gasteiger partial charge < -0.3 is 19.6 Å². The molecular formula is C26H25N3O4S. The summed E-state index contributed by atoms with van der Waals surface area (Å²) in [5, 5.41) is 16.2. The van der Waals surface area contributed by atoms with Crippen molar-refractivity contribution in [1.29, 1.82) is 0 Å². The van der Waals surface area contributed by atoms with Gasteiger partial charge in [0.2, 0.25) is 5.89 Å². The maximum absolute atomic E-state index is 12.5. The summed E-state index contributed by atoms with van der Waals surface area (Å²) < 4.78 is 11.4. The topological polar surface area (TPSA) is 96.6 Å². The van der Waals surface area contributed by atoms with Crippen molar-refractivity contribution in [3.63, 3.8) is 0 Å². The number of phenols is 1. The normalized spacial score (nSPS) is 10.8. The number of carbonyl (C=O) groups excluding carboxylic acids is 1. The van der Waals surface area contributed by atoms with E-state index in [1.807, 2.05) is 32.9 Å². The highest BCUT2D eigenvalue weighted by atomic mass is 32.1.